The van der Waals surface area contributed by atoms with Crippen molar-refractivity contribution in [3.05, 3.63) is 59.1 Å². The normalized spacial score (nSPS) is 17.5. The number of amides is 1. The monoisotopic (exact) mass is 393 g/mol. The van der Waals surface area contributed by atoms with Crippen molar-refractivity contribution in [2.75, 3.05) is 17.8 Å². The Kier molecular flexibility index (Phi) is 5.80. The van der Waals surface area contributed by atoms with Crippen LogP contribution in [0, 0.1) is 0 Å². The molecular formula is C18H20ClN3O3S. The van der Waals surface area contributed by atoms with Crippen molar-refractivity contribution in [3.63, 3.8) is 0 Å². The van der Waals surface area contributed by atoms with Gasteiger partial charge >= 0.3 is 0 Å². The van der Waals surface area contributed by atoms with Crippen molar-refractivity contribution in [1.82, 2.24) is 10.6 Å². The summed E-state index contributed by atoms with van der Waals surface area (Å²) in [7, 11) is -3.82. The highest BCUT2D eigenvalue weighted by Crippen LogP contribution is 2.20. The fourth-order valence-electron chi connectivity index (χ4n) is 2.81. The Morgan fingerprint density at radius 3 is 2.69 bits per heavy atom. The lowest BCUT2D eigenvalue weighted by atomic mass is 10.1. The highest BCUT2D eigenvalue weighted by molar-refractivity contribution is 7.92. The second-order valence-corrected chi connectivity index (χ2v) is 8.28. The van der Waals surface area contributed by atoms with Gasteiger partial charge in [0.05, 0.1) is 10.6 Å². The maximum absolute atomic E-state index is 12.6. The average Bonchev–Trinajstić information content (AvgIpc) is 2.62. The molecule has 2 aromatic carbocycles. The van der Waals surface area contributed by atoms with Gasteiger partial charge in [-0.1, -0.05) is 23.7 Å². The number of piperidine rings is 1. The Bertz CT molecular complexity index is 896. The summed E-state index contributed by atoms with van der Waals surface area (Å²) in [5.74, 6) is -0.279. The van der Waals surface area contributed by atoms with Crippen LogP contribution >= 0.6 is 11.6 Å². The van der Waals surface area contributed by atoms with E-state index in [0.717, 1.165) is 25.9 Å². The summed E-state index contributed by atoms with van der Waals surface area (Å²) in [6, 6.07) is 12.5. The third kappa shape index (κ3) is 4.75. The summed E-state index contributed by atoms with van der Waals surface area (Å²) in [6.45, 7) is 1.68. The van der Waals surface area contributed by atoms with Crippen molar-refractivity contribution in [3.8, 4) is 0 Å². The van der Waals surface area contributed by atoms with Crippen LogP contribution in [0.25, 0.3) is 0 Å². The van der Waals surface area contributed by atoms with Crippen LogP contribution < -0.4 is 15.4 Å². The molecule has 0 spiro atoms. The minimum absolute atomic E-state index is 0.0203. The molecule has 1 amide bonds. The maximum atomic E-state index is 12.6. The summed E-state index contributed by atoms with van der Waals surface area (Å²) < 4.78 is 27.6. The molecule has 0 saturated carbocycles. The molecule has 1 aliphatic rings. The fourth-order valence-corrected chi connectivity index (χ4v) is 4.10. The van der Waals surface area contributed by atoms with Crippen molar-refractivity contribution in [2.24, 2.45) is 0 Å². The van der Waals surface area contributed by atoms with Crippen LogP contribution in [0.1, 0.15) is 23.2 Å². The van der Waals surface area contributed by atoms with E-state index in [9.17, 15) is 13.2 Å². The largest absolute Gasteiger partial charge is 0.348 e. The van der Waals surface area contributed by atoms with Crippen molar-refractivity contribution in [1.29, 1.82) is 0 Å². The highest BCUT2D eigenvalue weighted by atomic mass is 35.5. The number of sulfonamides is 1. The number of carbonyl (C=O) groups excluding carboxylic acids is 1. The summed E-state index contributed by atoms with van der Waals surface area (Å²) in [5.41, 5.74) is 0.671. The standard InChI is InChI=1S/C18H20ClN3O3S/c19-14-5-2-6-15(11-14)22-26(24,25)17-8-1-4-13(10-17)18(23)21-16-7-3-9-20-12-16/h1-2,4-6,8,10-11,16,20,22H,3,7,9,12H2,(H,21,23). The predicted octanol–water partition coefficient (Wildman–Crippen LogP) is 2.62. The molecule has 0 radical (unpaired) electrons. The van der Waals surface area contributed by atoms with E-state index in [4.69, 9.17) is 11.6 Å². The van der Waals surface area contributed by atoms with Gasteiger partial charge in [-0.2, -0.15) is 0 Å². The molecule has 26 heavy (non-hydrogen) atoms. The molecule has 1 unspecified atom stereocenters. The van der Waals surface area contributed by atoms with Crippen LogP contribution in [-0.4, -0.2) is 33.5 Å². The molecular weight excluding hydrogens is 374 g/mol. The number of halogens is 1. The van der Waals surface area contributed by atoms with Gasteiger partial charge in [-0.15, -0.1) is 0 Å². The molecule has 2 aromatic rings. The Morgan fingerprint density at radius 1 is 1.15 bits per heavy atom. The van der Waals surface area contributed by atoms with Gasteiger partial charge < -0.3 is 10.6 Å². The van der Waals surface area contributed by atoms with Gasteiger partial charge in [0.2, 0.25) is 0 Å². The summed E-state index contributed by atoms with van der Waals surface area (Å²) >= 11 is 5.89. The molecule has 1 atom stereocenters. The van der Waals surface area contributed by atoms with Gasteiger partial charge in [0.25, 0.3) is 15.9 Å². The van der Waals surface area contributed by atoms with E-state index >= 15 is 0 Å². The summed E-state index contributed by atoms with van der Waals surface area (Å²) in [5, 5.41) is 6.59. The molecule has 1 saturated heterocycles. The molecule has 138 valence electrons. The molecule has 1 aliphatic heterocycles. The quantitative estimate of drug-likeness (QED) is 0.728. The number of carbonyl (C=O) groups is 1. The second-order valence-electron chi connectivity index (χ2n) is 6.16. The summed E-state index contributed by atoms with van der Waals surface area (Å²) in [4.78, 5) is 12.4. The van der Waals surface area contributed by atoms with Crippen LogP contribution in [0.3, 0.4) is 0 Å². The predicted molar refractivity (Wildman–Crippen MR) is 102 cm³/mol. The zero-order valence-corrected chi connectivity index (χ0v) is 15.6. The van der Waals surface area contributed by atoms with Crippen molar-refractivity contribution < 1.29 is 13.2 Å². The summed E-state index contributed by atoms with van der Waals surface area (Å²) in [6.07, 6.45) is 1.91. The van der Waals surface area contributed by atoms with Crippen LogP contribution in [0.4, 0.5) is 5.69 Å². The molecule has 0 aliphatic carbocycles. The Hall–Kier alpha value is -2.09. The molecule has 6 nitrogen and oxygen atoms in total. The number of nitrogens with one attached hydrogen (secondary N) is 3. The average molecular weight is 394 g/mol. The first-order valence-corrected chi connectivity index (χ1v) is 10.2. The lowest BCUT2D eigenvalue weighted by Gasteiger charge is -2.23. The first-order chi connectivity index (χ1) is 12.4. The number of hydrogen-bond donors (Lipinski definition) is 3. The number of benzene rings is 2. The van der Waals surface area contributed by atoms with Gasteiger partial charge in [0.1, 0.15) is 0 Å². The van der Waals surface area contributed by atoms with Crippen LogP contribution in [0.2, 0.25) is 5.02 Å². The number of hydrogen-bond acceptors (Lipinski definition) is 4. The smallest absolute Gasteiger partial charge is 0.261 e. The van der Waals surface area contributed by atoms with E-state index in [2.05, 4.69) is 15.4 Å². The molecule has 1 heterocycles. The maximum Gasteiger partial charge on any atom is 0.261 e. The van der Waals surface area contributed by atoms with Gasteiger partial charge in [-0.25, -0.2) is 8.42 Å². The van der Waals surface area contributed by atoms with Gasteiger partial charge in [0.15, 0.2) is 0 Å². The van der Waals surface area contributed by atoms with E-state index in [0.29, 0.717) is 16.3 Å². The van der Waals surface area contributed by atoms with Crippen molar-refractivity contribution >= 4 is 33.2 Å². The van der Waals surface area contributed by atoms with E-state index in [1.165, 1.54) is 18.2 Å². The molecule has 3 rings (SSSR count). The van der Waals surface area contributed by atoms with E-state index < -0.39 is 10.0 Å². The first-order valence-electron chi connectivity index (χ1n) is 8.34. The van der Waals surface area contributed by atoms with Crippen LogP contribution in [0.5, 0.6) is 0 Å². The zero-order valence-electron chi connectivity index (χ0n) is 14.0. The van der Waals surface area contributed by atoms with Gasteiger partial charge in [-0.05, 0) is 55.8 Å². The third-order valence-corrected chi connectivity index (χ3v) is 5.73. The SMILES string of the molecule is O=C(NC1CCCNC1)c1cccc(S(=O)(=O)Nc2cccc(Cl)c2)c1. The minimum atomic E-state index is -3.82. The van der Waals surface area contributed by atoms with Crippen LogP contribution in [0.15, 0.2) is 53.4 Å². The Morgan fingerprint density at radius 2 is 1.96 bits per heavy atom. The molecule has 1 fully saturated rings. The van der Waals surface area contributed by atoms with Crippen molar-refractivity contribution in [2.45, 2.75) is 23.8 Å². The topological polar surface area (TPSA) is 87.3 Å². The lowest BCUT2D eigenvalue weighted by Crippen LogP contribution is -2.45. The first kappa shape index (κ1) is 18.7. The second kappa shape index (κ2) is 8.07. The highest BCUT2D eigenvalue weighted by Gasteiger charge is 2.19. The third-order valence-electron chi connectivity index (χ3n) is 4.12. The van der Waals surface area contributed by atoms with Gasteiger partial charge in [0, 0.05) is 23.2 Å². The lowest BCUT2D eigenvalue weighted by molar-refractivity contribution is 0.0930. The zero-order chi connectivity index (χ0) is 18.6. The molecule has 0 aromatic heterocycles. The fraction of sp³-hybridized carbons (Fsp3) is 0.278. The van der Waals surface area contributed by atoms with E-state index in [-0.39, 0.29) is 16.8 Å². The Labute approximate surface area is 158 Å². The number of rotatable bonds is 5. The molecule has 0 bridgehead atoms. The molecule has 8 heteroatoms. The Balaban J connectivity index is 1.76. The minimum Gasteiger partial charge on any atom is -0.348 e. The molecule has 3 N–H and O–H groups in total. The van der Waals surface area contributed by atoms with Gasteiger partial charge in [-0.3, -0.25) is 9.52 Å². The van der Waals surface area contributed by atoms with Crippen LogP contribution in [-0.2, 0) is 10.0 Å². The van der Waals surface area contributed by atoms with E-state index in [1.54, 1.807) is 30.3 Å². The number of anilines is 1. The van der Waals surface area contributed by atoms with E-state index in [1.807, 2.05) is 0 Å².